The van der Waals surface area contributed by atoms with Crippen LogP contribution >= 0.6 is 0 Å². The average Bonchev–Trinajstić information content (AvgIpc) is 2.60. The molecule has 0 aliphatic carbocycles. The van der Waals surface area contributed by atoms with Crippen LogP contribution in [0.15, 0.2) is 24.3 Å². The van der Waals surface area contributed by atoms with E-state index in [0.717, 1.165) is 23.1 Å². The Kier molecular flexibility index (Phi) is 4.10. The molecule has 0 saturated heterocycles. The van der Waals surface area contributed by atoms with Crippen molar-refractivity contribution in [3.8, 4) is 0 Å². The number of rotatable bonds is 2. The lowest BCUT2D eigenvalue weighted by atomic mass is 10.1. The van der Waals surface area contributed by atoms with Gasteiger partial charge in [-0.25, -0.2) is 9.36 Å². The molecule has 0 amide bonds. The second kappa shape index (κ2) is 5.53. The first-order valence-electron chi connectivity index (χ1n) is 7.16. The number of carbonyl (C=O) groups is 1. The molecule has 2 rings (SSSR count). The zero-order valence-corrected chi connectivity index (χ0v) is 13.7. The third-order valence-corrected chi connectivity index (χ3v) is 3.12. The van der Waals surface area contributed by atoms with Crippen molar-refractivity contribution in [2.24, 2.45) is 0 Å². The highest BCUT2D eigenvalue weighted by atomic mass is 16.6. The van der Waals surface area contributed by atoms with E-state index in [1.807, 2.05) is 53.9 Å². The first-order chi connectivity index (χ1) is 9.67. The minimum Gasteiger partial charge on any atom is -0.443 e. The molecule has 2 aromatic rings. The van der Waals surface area contributed by atoms with Crippen LogP contribution in [0.5, 0.6) is 0 Å². The van der Waals surface area contributed by atoms with Gasteiger partial charge >= 0.3 is 6.09 Å². The number of hydrogen-bond acceptors (Lipinski definition) is 3. The molecule has 0 aliphatic rings. The Bertz CT molecular complexity index is 663. The predicted molar refractivity (Wildman–Crippen MR) is 85.7 cm³/mol. The zero-order chi connectivity index (χ0) is 15.8. The summed E-state index contributed by atoms with van der Waals surface area (Å²) in [5.41, 5.74) is 2.52. The number of carbonyl (C=O) groups excluding carboxylic acids is 1. The van der Waals surface area contributed by atoms with Crippen molar-refractivity contribution in [1.82, 2.24) is 9.47 Å². The summed E-state index contributed by atoms with van der Waals surface area (Å²) in [4.78, 5) is 14.5. The van der Waals surface area contributed by atoms with E-state index in [2.05, 4.69) is 17.0 Å². The summed E-state index contributed by atoms with van der Waals surface area (Å²) in [6, 6.07) is 8.20. The van der Waals surface area contributed by atoms with Crippen LogP contribution in [0.3, 0.4) is 0 Å². The fraction of sp³-hybridized carbons (Fsp3) is 0.471. The summed E-state index contributed by atoms with van der Waals surface area (Å²) in [6.45, 7) is 8.44. The first-order valence-corrected chi connectivity index (χ1v) is 7.16. The monoisotopic (exact) mass is 288 g/mol. The molecule has 1 heterocycles. The lowest BCUT2D eigenvalue weighted by molar-refractivity contribution is 0.0541. The van der Waals surface area contributed by atoms with Crippen LogP contribution in [0, 0.1) is 6.92 Å². The lowest BCUT2D eigenvalue weighted by Gasteiger charge is -2.20. The van der Waals surface area contributed by atoms with Crippen molar-refractivity contribution in [3.05, 3.63) is 35.5 Å². The van der Waals surface area contributed by atoms with Gasteiger partial charge in [-0.15, -0.1) is 0 Å². The molecular weight excluding hydrogens is 264 g/mol. The molecule has 4 heteroatoms. The van der Waals surface area contributed by atoms with E-state index in [9.17, 15) is 4.79 Å². The van der Waals surface area contributed by atoms with Crippen molar-refractivity contribution in [3.63, 3.8) is 0 Å². The summed E-state index contributed by atoms with van der Waals surface area (Å²) in [5, 5.41) is 1.07. The Balaban J connectivity index is 2.41. The first kappa shape index (κ1) is 15.6. The van der Waals surface area contributed by atoms with Gasteiger partial charge in [0, 0.05) is 17.6 Å². The van der Waals surface area contributed by atoms with Crippen LogP contribution in [0.4, 0.5) is 4.79 Å². The molecule has 0 fully saturated rings. The molecular formula is C17H24N2O2. The summed E-state index contributed by atoms with van der Waals surface area (Å²) >= 11 is 0. The lowest BCUT2D eigenvalue weighted by Crippen LogP contribution is -2.27. The fourth-order valence-electron chi connectivity index (χ4n) is 2.42. The van der Waals surface area contributed by atoms with Crippen LogP contribution in [0.25, 0.3) is 10.9 Å². The van der Waals surface area contributed by atoms with Crippen LogP contribution in [0.1, 0.15) is 32.0 Å². The molecule has 21 heavy (non-hydrogen) atoms. The number of aryl methyl sites for hydroxylation is 1. The number of hydrogen-bond donors (Lipinski definition) is 0. The third-order valence-electron chi connectivity index (χ3n) is 3.12. The molecule has 0 N–H and O–H groups in total. The van der Waals surface area contributed by atoms with Crippen LogP contribution in [0.2, 0.25) is 0 Å². The highest BCUT2D eigenvalue weighted by Gasteiger charge is 2.20. The standard InChI is InChI=1S/C17H24N2O2/c1-12-9-14-10-13(11-18(5)6)7-8-15(14)19(12)16(20)21-17(2,3)4/h7-10H,11H2,1-6H3. The van der Waals surface area contributed by atoms with Crippen LogP contribution in [-0.2, 0) is 11.3 Å². The summed E-state index contributed by atoms with van der Waals surface area (Å²) in [7, 11) is 4.09. The van der Waals surface area contributed by atoms with E-state index in [0.29, 0.717) is 0 Å². The van der Waals surface area contributed by atoms with Gasteiger partial charge < -0.3 is 9.64 Å². The quantitative estimate of drug-likeness (QED) is 0.843. The van der Waals surface area contributed by atoms with Gasteiger partial charge in [-0.1, -0.05) is 6.07 Å². The van der Waals surface area contributed by atoms with Crippen molar-refractivity contribution in [2.45, 2.75) is 39.8 Å². The molecule has 0 atom stereocenters. The van der Waals surface area contributed by atoms with Crippen molar-refractivity contribution in [2.75, 3.05) is 14.1 Å². The van der Waals surface area contributed by atoms with Crippen molar-refractivity contribution >= 4 is 17.0 Å². The Morgan fingerprint density at radius 1 is 1.24 bits per heavy atom. The number of aromatic nitrogens is 1. The Morgan fingerprint density at radius 3 is 2.48 bits per heavy atom. The second-order valence-electron chi connectivity index (χ2n) is 6.73. The van der Waals surface area contributed by atoms with Gasteiger partial charge in [-0.3, -0.25) is 0 Å². The maximum Gasteiger partial charge on any atom is 0.419 e. The predicted octanol–water partition coefficient (Wildman–Crippen LogP) is 3.79. The van der Waals surface area contributed by atoms with E-state index in [4.69, 9.17) is 4.74 Å². The van der Waals surface area contributed by atoms with Crippen molar-refractivity contribution in [1.29, 1.82) is 0 Å². The van der Waals surface area contributed by atoms with Crippen molar-refractivity contribution < 1.29 is 9.53 Å². The fourth-order valence-corrected chi connectivity index (χ4v) is 2.42. The van der Waals surface area contributed by atoms with E-state index in [1.165, 1.54) is 5.56 Å². The van der Waals surface area contributed by atoms with Gasteiger partial charge in [0.05, 0.1) is 5.52 Å². The normalized spacial score (nSPS) is 12.1. The maximum absolute atomic E-state index is 12.4. The Labute approximate surface area is 126 Å². The minimum absolute atomic E-state index is 0.324. The van der Waals surface area contributed by atoms with Gasteiger partial charge in [-0.2, -0.15) is 0 Å². The number of nitrogens with zero attached hydrogens (tertiary/aromatic N) is 2. The molecule has 0 radical (unpaired) electrons. The topological polar surface area (TPSA) is 34.5 Å². The highest BCUT2D eigenvalue weighted by Crippen LogP contribution is 2.23. The average molecular weight is 288 g/mol. The van der Waals surface area contributed by atoms with Crippen LogP contribution < -0.4 is 0 Å². The SMILES string of the molecule is Cc1cc2cc(CN(C)C)ccc2n1C(=O)OC(C)(C)C. The summed E-state index contributed by atoms with van der Waals surface area (Å²) < 4.78 is 7.12. The molecule has 0 unspecified atom stereocenters. The maximum atomic E-state index is 12.4. The molecule has 1 aromatic heterocycles. The third kappa shape index (κ3) is 3.64. The number of benzene rings is 1. The smallest absolute Gasteiger partial charge is 0.419 e. The van der Waals surface area contributed by atoms with Crippen LogP contribution in [-0.4, -0.2) is 35.3 Å². The van der Waals surface area contributed by atoms with Gasteiger partial charge in [0.1, 0.15) is 5.60 Å². The van der Waals surface area contributed by atoms with Gasteiger partial charge in [-0.05, 0) is 65.6 Å². The number of ether oxygens (including phenoxy) is 1. The molecule has 0 spiro atoms. The van der Waals surface area contributed by atoms with Gasteiger partial charge in [0.2, 0.25) is 0 Å². The van der Waals surface area contributed by atoms with E-state index < -0.39 is 5.60 Å². The Morgan fingerprint density at radius 2 is 1.90 bits per heavy atom. The zero-order valence-electron chi connectivity index (χ0n) is 13.7. The molecule has 114 valence electrons. The summed E-state index contributed by atoms with van der Waals surface area (Å²) in [6.07, 6.45) is -0.324. The molecule has 0 aliphatic heterocycles. The van der Waals surface area contributed by atoms with E-state index in [1.54, 1.807) is 4.57 Å². The van der Waals surface area contributed by atoms with Gasteiger partial charge in [0.15, 0.2) is 0 Å². The molecule has 0 bridgehead atoms. The Hall–Kier alpha value is -1.81. The molecule has 0 saturated carbocycles. The van der Waals surface area contributed by atoms with Gasteiger partial charge in [0.25, 0.3) is 0 Å². The van der Waals surface area contributed by atoms with E-state index in [-0.39, 0.29) is 6.09 Å². The summed E-state index contributed by atoms with van der Waals surface area (Å²) in [5.74, 6) is 0. The second-order valence-corrected chi connectivity index (χ2v) is 6.73. The number of fused-ring (bicyclic) bond motifs is 1. The highest BCUT2D eigenvalue weighted by molar-refractivity contribution is 5.91. The largest absolute Gasteiger partial charge is 0.443 e. The molecule has 1 aromatic carbocycles. The van der Waals surface area contributed by atoms with E-state index >= 15 is 0 Å². The minimum atomic E-state index is -0.495. The molecule has 4 nitrogen and oxygen atoms in total.